The predicted molar refractivity (Wildman–Crippen MR) is 63.7 cm³/mol. The second kappa shape index (κ2) is 5.56. The van der Waals surface area contributed by atoms with Gasteiger partial charge in [-0.05, 0) is 24.6 Å². The van der Waals surface area contributed by atoms with Gasteiger partial charge in [-0.25, -0.2) is 8.42 Å². The molecule has 0 bridgehead atoms. The lowest BCUT2D eigenvalue weighted by molar-refractivity contribution is -0.137. The van der Waals surface area contributed by atoms with E-state index in [1.54, 1.807) is 13.0 Å². The quantitative estimate of drug-likeness (QED) is 0.793. The fourth-order valence-electron chi connectivity index (χ4n) is 1.35. The zero-order valence-corrected chi connectivity index (χ0v) is 10.6. The molecule has 0 aliphatic rings. The van der Waals surface area contributed by atoms with Gasteiger partial charge in [-0.1, -0.05) is 24.3 Å². The minimum Gasteiger partial charge on any atom is -0.228 e. The summed E-state index contributed by atoms with van der Waals surface area (Å²) < 4.78 is 60.0. The molecule has 0 atom stereocenters. The average molecular weight is 278 g/mol. The van der Waals surface area contributed by atoms with Gasteiger partial charge in [-0.2, -0.15) is 13.2 Å². The number of alkyl halides is 3. The van der Waals surface area contributed by atoms with Crippen LogP contribution in [0.25, 0.3) is 0 Å². The molecule has 0 heterocycles. The molecule has 0 amide bonds. The molecule has 1 aromatic rings. The topological polar surface area (TPSA) is 34.1 Å². The standard InChI is InChI=1S/C12H13F3O2S/c1-2-3-8-18(16,17)9-10-4-6-11(7-5-10)12(13,14)15/h2-7H,8-9H2,1H3/b3-2+. The molecule has 0 fully saturated rings. The van der Waals surface area contributed by atoms with Gasteiger partial charge in [0, 0.05) is 0 Å². The van der Waals surface area contributed by atoms with E-state index in [4.69, 9.17) is 0 Å². The number of hydrogen-bond acceptors (Lipinski definition) is 2. The van der Waals surface area contributed by atoms with Gasteiger partial charge >= 0.3 is 6.18 Å². The summed E-state index contributed by atoms with van der Waals surface area (Å²) in [4.78, 5) is 0. The number of benzene rings is 1. The number of halogens is 3. The van der Waals surface area contributed by atoms with Crippen LogP contribution >= 0.6 is 0 Å². The van der Waals surface area contributed by atoms with Crippen LogP contribution in [-0.4, -0.2) is 14.2 Å². The summed E-state index contributed by atoms with van der Waals surface area (Å²) in [7, 11) is -3.31. The van der Waals surface area contributed by atoms with Crippen molar-refractivity contribution in [2.75, 3.05) is 5.75 Å². The van der Waals surface area contributed by atoms with E-state index in [0.29, 0.717) is 5.56 Å². The van der Waals surface area contributed by atoms with E-state index in [1.807, 2.05) is 0 Å². The molecule has 0 aromatic heterocycles. The van der Waals surface area contributed by atoms with E-state index in [2.05, 4.69) is 0 Å². The van der Waals surface area contributed by atoms with E-state index < -0.39 is 21.6 Å². The summed E-state index contributed by atoms with van der Waals surface area (Å²) in [5.41, 5.74) is -0.426. The molecule has 0 radical (unpaired) electrons. The molecule has 6 heteroatoms. The van der Waals surface area contributed by atoms with Crippen LogP contribution in [0.5, 0.6) is 0 Å². The molecule has 0 unspecified atom stereocenters. The van der Waals surface area contributed by atoms with E-state index in [1.165, 1.54) is 18.2 Å². The molecule has 1 rings (SSSR count). The Bertz CT molecular complexity index is 513. The van der Waals surface area contributed by atoms with Crippen LogP contribution in [0, 0.1) is 0 Å². The zero-order valence-electron chi connectivity index (χ0n) is 9.74. The number of allylic oxidation sites excluding steroid dienone is 1. The molecular formula is C12H13F3O2S. The molecule has 0 aliphatic carbocycles. The van der Waals surface area contributed by atoms with Gasteiger partial charge in [0.25, 0.3) is 0 Å². The molecule has 0 N–H and O–H groups in total. The third-order valence-electron chi connectivity index (χ3n) is 2.25. The lowest BCUT2D eigenvalue weighted by atomic mass is 10.1. The average Bonchev–Trinajstić information content (AvgIpc) is 2.25. The van der Waals surface area contributed by atoms with Crippen molar-refractivity contribution in [2.45, 2.75) is 18.9 Å². The Morgan fingerprint density at radius 3 is 2.17 bits per heavy atom. The molecule has 0 aliphatic heterocycles. The second-order valence-corrected chi connectivity index (χ2v) is 5.93. The van der Waals surface area contributed by atoms with Crippen LogP contribution in [0.2, 0.25) is 0 Å². The molecule has 2 nitrogen and oxygen atoms in total. The first-order chi connectivity index (χ1) is 8.24. The predicted octanol–water partition coefficient (Wildman–Crippen LogP) is 3.20. The van der Waals surface area contributed by atoms with Crippen LogP contribution in [0.1, 0.15) is 18.1 Å². The van der Waals surface area contributed by atoms with Gasteiger partial charge in [0.15, 0.2) is 9.84 Å². The van der Waals surface area contributed by atoms with Gasteiger partial charge in [-0.3, -0.25) is 0 Å². The number of hydrogen-bond donors (Lipinski definition) is 0. The monoisotopic (exact) mass is 278 g/mol. The molecule has 0 saturated carbocycles. The molecule has 18 heavy (non-hydrogen) atoms. The van der Waals surface area contributed by atoms with Gasteiger partial charge in [0.1, 0.15) is 0 Å². The summed E-state index contributed by atoms with van der Waals surface area (Å²) in [6, 6.07) is 4.16. The number of sulfone groups is 1. The van der Waals surface area contributed by atoms with Crippen molar-refractivity contribution in [3.05, 3.63) is 47.5 Å². The third-order valence-corrected chi connectivity index (χ3v) is 3.73. The lowest BCUT2D eigenvalue weighted by Gasteiger charge is -2.07. The molecular weight excluding hydrogens is 265 g/mol. The molecule has 1 aromatic carbocycles. The van der Waals surface area contributed by atoms with Crippen LogP contribution in [0.15, 0.2) is 36.4 Å². The Hall–Kier alpha value is -1.30. The smallest absolute Gasteiger partial charge is 0.228 e. The van der Waals surface area contributed by atoms with Crippen molar-refractivity contribution in [3.8, 4) is 0 Å². The lowest BCUT2D eigenvalue weighted by Crippen LogP contribution is -2.08. The highest BCUT2D eigenvalue weighted by atomic mass is 32.2. The van der Waals surface area contributed by atoms with Gasteiger partial charge in [0.05, 0.1) is 17.1 Å². The van der Waals surface area contributed by atoms with E-state index in [-0.39, 0.29) is 11.5 Å². The molecule has 100 valence electrons. The Morgan fingerprint density at radius 2 is 1.72 bits per heavy atom. The first-order valence-electron chi connectivity index (χ1n) is 5.22. The van der Waals surface area contributed by atoms with Crippen LogP contribution in [0.4, 0.5) is 13.2 Å². The minimum atomic E-state index is -4.40. The highest BCUT2D eigenvalue weighted by Gasteiger charge is 2.30. The maximum atomic E-state index is 12.3. The van der Waals surface area contributed by atoms with Crippen molar-refractivity contribution >= 4 is 9.84 Å². The molecule has 0 spiro atoms. The minimum absolute atomic E-state index is 0.107. The summed E-state index contributed by atoms with van der Waals surface area (Å²) in [6.45, 7) is 1.70. The normalized spacial score (nSPS) is 13.1. The SMILES string of the molecule is C/C=C/CS(=O)(=O)Cc1ccc(C(F)(F)F)cc1. The van der Waals surface area contributed by atoms with Crippen molar-refractivity contribution < 1.29 is 21.6 Å². The molecule has 0 saturated heterocycles. The van der Waals surface area contributed by atoms with Crippen molar-refractivity contribution in [1.29, 1.82) is 0 Å². The summed E-state index contributed by atoms with van der Waals surface area (Å²) in [5.74, 6) is -0.361. The van der Waals surface area contributed by atoms with Crippen molar-refractivity contribution in [1.82, 2.24) is 0 Å². The number of rotatable bonds is 4. The largest absolute Gasteiger partial charge is 0.416 e. The summed E-state index contributed by atoms with van der Waals surface area (Å²) in [5, 5.41) is 0. The Morgan fingerprint density at radius 1 is 1.17 bits per heavy atom. The summed E-state index contributed by atoms with van der Waals surface area (Å²) in [6.07, 6.45) is -1.29. The fourth-order valence-corrected chi connectivity index (χ4v) is 2.65. The van der Waals surface area contributed by atoms with Crippen molar-refractivity contribution in [2.24, 2.45) is 0 Å². The highest BCUT2D eigenvalue weighted by Crippen LogP contribution is 2.29. The van der Waals surface area contributed by atoms with E-state index in [9.17, 15) is 21.6 Å². The van der Waals surface area contributed by atoms with E-state index in [0.717, 1.165) is 12.1 Å². The maximum absolute atomic E-state index is 12.3. The Labute approximate surface area is 104 Å². The van der Waals surface area contributed by atoms with E-state index >= 15 is 0 Å². The van der Waals surface area contributed by atoms with Crippen LogP contribution < -0.4 is 0 Å². The van der Waals surface area contributed by atoms with Crippen LogP contribution in [-0.2, 0) is 21.8 Å². The van der Waals surface area contributed by atoms with Gasteiger partial charge in [-0.15, -0.1) is 0 Å². The fraction of sp³-hybridized carbons (Fsp3) is 0.333. The van der Waals surface area contributed by atoms with Crippen LogP contribution in [0.3, 0.4) is 0 Å². The third kappa shape index (κ3) is 4.52. The Kier molecular flexibility index (Phi) is 4.56. The summed E-state index contributed by atoms with van der Waals surface area (Å²) >= 11 is 0. The zero-order chi connectivity index (χ0) is 13.8. The Balaban J connectivity index is 2.82. The highest BCUT2D eigenvalue weighted by molar-refractivity contribution is 7.90. The van der Waals surface area contributed by atoms with Crippen molar-refractivity contribution in [3.63, 3.8) is 0 Å². The maximum Gasteiger partial charge on any atom is 0.416 e. The first-order valence-corrected chi connectivity index (χ1v) is 7.04. The van der Waals surface area contributed by atoms with Gasteiger partial charge in [0.2, 0.25) is 0 Å². The second-order valence-electron chi connectivity index (χ2n) is 3.82. The van der Waals surface area contributed by atoms with Gasteiger partial charge < -0.3 is 0 Å². The first kappa shape index (κ1) is 14.8.